The maximum atomic E-state index is 12.4. The number of fused-ring (bicyclic) bond motifs is 1. The van der Waals surface area contributed by atoms with Gasteiger partial charge < -0.3 is 14.5 Å². The number of ether oxygens (including phenoxy) is 1. The average molecular weight is 372 g/mol. The number of carbonyl (C=O) groups excluding carboxylic acids is 1. The summed E-state index contributed by atoms with van der Waals surface area (Å²) in [6, 6.07) is 12.1. The van der Waals surface area contributed by atoms with Crippen molar-refractivity contribution in [2.45, 2.75) is 26.9 Å². The molecule has 3 aromatic rings. The second kappa shape index (κ2) is 7.22. The molecule has 134 valence electrons. The van der Waals surface area contributed by atoms with E-state index in [-0.39, 0.29) is 11.7 Å². The molecule has 1 heterocycles. The number of halogens is 1. The first-order valence-electron chi connectivity index (χ1n) is 8.11. The predicted octanol–water partition coefficient (Wildman–Crippen LogP) is 4.47. The molecule has 0 saturated heterocycles. The van der Waals surface area contributed by atoms with Crippen molar-refractivity contribution in [3.05, 3.63) is 69.0 Å². The molecule has 0 saturated carbocycles. The molecule has 0 fully saturated rings. The van der Waals surface area contributed by atoms with Crippen molar-refractivity contribution in [3.63, 3.8) is 0 Å². The van der Waals surface area contributed by atoms with E-state index >= 15 is 0 Å². The lowest BCUT2D eigenvalue weighted by atomic mass is 10.1. The van der Waals surface area contributed by atoms with Gasteiger partial charge in [-0.3, -0.25) is 4.79 Å². The molecule has 2 aromatic carbocycles. The van der Waals surface area contributed by atoms with Gasteiger partial charge in [-0.15, -0.1) is 0 Å². The molecule has 0 spiro atoms. The van der Waals surface area contributed by atoms with Crippen LogP contribution < -0.4 is 15.7 Å². The minimum atomic E-state index is -0.790. The van der Waals surface area contributed by atoms with Gasteiger partial charge in [-0.2, -0.15) is 0 Å². The Morgan fingerprint density at radius 2 is 1.96 bits per heavy atom. The molecule has 0 aliphatic rings. The fourth-order valence-electron chi connectivity index (χ4n) is 2.62. The molecule has 3 rings (SSSR count). The summed E-state index contributed by atoms with van der Waals surface area (Å²) in [5, 5.41) is 3.86. The molecule has 1 aromatic heterocycles. The summed E-state index contributed by atoms with van der Waals surface area (Å²) in [7, 11) is 0. The summed E-state index contributed by atoms with van der Waals surface area (Å²) in [6.07, 6.45) is -0.790. The van der Waals surface area contributed by atoms with Gasteiger partial charge >= 0.3 is 5.63 Å². The molecule has 26 heavy (non-hydrogen) atoms. The zero-order valence-electron chi connectivity index (χ0n) is 14.6. The lowest BCUT2D eigenvalue weighted by molar-refractivity contribution is -0.122. The molecule has 5 nitrogen and oxygen atoms in total. The van der Waals surface area contributed by atoms with E-state index in [1.165, 1.54) is 12.1 Å². The number of rotatable bonds is 4. The molecule has 1 amide bonds. The van der Waals surface area contributed by atoms with Crippen LogP contribution >= 0.6 is 11.6 Å². The summed E-state index contributed by atoms with van der Waals surface area (Å²) in [6.45, 7) is 5.37. The van der Waals surface area contributed by atoms with Gasteiger partial charge in [-0.25, -0.2) is 4.79 Å². The number of aryl methyl sites for hydroxylation is 2. The highest BCUT2D eigenvalue weighted by molar-refractivity contribution is 6.32. The van der Waals surface area contributed by atoms with Crippen LogP contribution in [0.3, 0.4) is 0 Å². The number of hydrogen-bond acceptors (Lipinski definition) is 4. The van der Waals surface area contributed by atoms with E-state index in [4.69, 9.17) is 20.8 Å². The van der Waals surface area contributed by atoms with E-state index < -0.39 is 11.7 Å². The predicted molar refractivity (Wildman–Crippen MR) is 102 cm³/mol. The number of benzene rings is 2. The van der Waals surface area contributed by atoms with E-state index in [9.17, 15) is 9.59 Å². The molecule has 0 aliphatic carbocycles. The highest BCUT2D eigenvalue weighted by Gasteiger charge is 2.18. The Morgan fingerprint density at radius 1 is 1.19 bits per heavy atom. The Hall–Kier alpha value is -2.79. The molecular formula is C20H18ClNO4. The third-order valence-electron chi connectivity index (χ3n) is 3.96. The van der Waals surface area contributed by atoms with E-state index in [0.29, 0.717) is 16.3 Å². The minimum Gasteiger partial charge on any atom is -0.479 e. The first-order valence-corrected chi connectivity index (χ1v) is 8.49. The van der Waals surface area contributed by atoms with Crippen LogP contribution in [0.25, 0.3) is 11.0 Å². The molecule has 6 heteroatoms. The van der Waals surface area contributed by atoms with Crippen molar-refractivity contribution in [2.75, 3.05) is 5.32 Å². The summed E-state index contributed by atoms with van der Waals surface area (Å²) in [5.74, 6) is -0.0303. The molecule has 0 aliphatic heterocycles. The van der Waals surface area contributed by atoms with Crippen molar-refractivity contribution >= 4 is 34.2 Å². The van der Waals surface area contributed by atoms with E-state index in [2.05, 4.69) is 5.32 Å². The van der Waals surface area contributed by atoms with Crippen molar-refractivity contribution in [3.8, 4) is 5.75 Å². The Balaban J connectivity index is 1.82. The highest BCUT2D eigenvalue weighted by Crippen LogP contribution is 2.31. The van der Waals surface area contributed by atoms with Gasteiger partial charge in [0.2, 0.25) is 0 Å². The van der Waals surface area contributed by atoms with Crippen LogP contribution in [0.15, 0.2) is 51.7 Å². The lowest BCUT2D eigenvalue weighted by Gasteiger charge is -2.16. The Labute approximate surface area is 155 Å². The van der Waals surface area contributed by atoms with Crippen molar-refractivity contribution in [1.82, 2.24) is 0 Å². The lowest BCUT2D eigenvalue weighted by Crippen LogP contribution is -2.30. The summed E-state index contributed by atoms with van der Waals surface area (Å²) in [4.78, 5) is 23.9. The molecule has 1 atom stereocenters. The van der Waals surface area contributed by atoms with Crippen LogP contribution in [-0.2, 0) is 4.79 Å². The summed E-state index contributed by atoms with van der Waals surface area (Å²) >= 11 is 6.27. The smallest absolute Gasteiger partial charge is 0.336 e. The third-order valence-corrected chi connectivity index (χ3v) is 4.26. The highest BCUT2D eigenvalue weighted by atomic mass is 35.5. The number of amides is 1. The third kappa shape index (κ3) is 3.89. The van der Waals surface area contributed by atoms with Crippen LogP contribution in [0.5, 0.6) is 5.75 Å². The van der Waals surface area contributed by atoms with Crippen LogP contribution in [0.2, 0.25) is 5.02 Å². The van der Waals surface area contributed by atoms with Gasteiger partial charge in [0, 0.05) is 23.2 Å². The van der Waals surface area contributed by atoms with Gasteiger partial charge in [0.15, 0.2) is 6.10 Å². The topological polar surface area (TPSA) is 68.5 Å². The normalized spacial score (nSPS) is 12.0. The standard InChI is InChI=1S/C20H18ClNO4/c1-11-5-4-6-14(7-11)22-20(24)13(3)25-18-10-17-15(9-16(18)21)12(2)8-19(23)26-17/h4-10,13H,1-3H3,(H,22,24). The van der Waals surface area contributed by atoms with Crippen LogP contribution in [0.4, 0.5) is 5.69 Å². The largest absolute Gasteiger partial charge is 0.479 e. The Bertz CT molecular complexity index is 1040. The zero-order chi connectivity index (χ0) is 18.8. The number of anilines is 1. The fourth-order valence-corrected chi connectivity index (χ4v) is 2.83. The first kappa shape index (κ1) is 18.0. The average Bonchev–Trinajstić information content (AvgIpc) is 2.56. The minimum absolute atomic E-state index is 0.278. The molecule has 1 N–H and O–H groups in total. The summed E-state index contributed by atoms with van der Waals surface area (Å²) < 4.78 is 10.9. The van der Waals surface area contributed by atoms with E-state index in [0.717, 1.165) is 16.5 Å². The molecule has 0 radical (unpaired) electrons. The molecular weight excluding hydrogens is 354 g/mol. The zero-order valence-corrected chi connectivity index (χ0v) is 15.4. The Morgan fingerprint density at radius 3 is 2.69 bits per heavy atom. The van der Waals surface area contributed by atoms with Gasteiger partial charge in [-0.1, -0.05) is 23.7 Å². The van der Waals surface area contributed by atoms with E-state index in [1.807, 2.05) is 25.1 Å². The van der Waals surface area contributed by atoms with Gasteiger partial charge in [-0.05, 0) is 50.1 Å². The second-order valence-corrected chi connectivity index (χ2v) is 6.55. The van der Waals surface area contributed by atoms with Crippen molar-refractivity contribution < 1.29 is 13.9 Å². The fraction of sp³-hybridized carbons (Fsp3) is 0.200. The van der Waals surface area contributed by atoms with Crippen LogP contribution in [0, 0.1) is 13.8 Å². The molecule has 1 unspecified atom stereocenters. The maximum absolute atomic E-state index is 12.4. The summed E-state index contributed by atoms with van der Waals surface area (Å²) in [5.41, 5.74) is 2.40. The van der Waals surface area contributed by atoms with Gasteiger partial charge in [0.05, 0.1) is 5.02 Å². The van der Waals surface area contributed by atoms with Crippen molar-refractivity contribution in [2.24, 2.45) is 0 Å². The van der Waals surface area contributed by atoms with Crippen molar-refractivity contribution in [1.29, 1.82) is 0 Å². The number of hydrogen-bond donors (Lipinski definition) is 1. The SMILES string of the molecule is Cc1cccc(NC(=O)C(C)Oc2cc3oc(=O)cc(C)c3cc2Cl)c1. The monoisotopic (exact) mass is 371 g/mol. The quantitative estimate of drug-likeness (QED) is 0.687. The number of carbonyl (C=O) groups is 1. The van der Waals surface area contributed by atoms with Gasteiger partial charge in [0.25, 0.3) is 5.91 Å². The van der Waals surface area contributed by atoms with Gasteiger partial charge in [0.1, 0.15) is 11.3 Å². The maximum Gasteiger partial charge on any atom is 0.336 e. The van der Waals surface area contributed by atoms with Crippen LogP contribution in [0.1, 0.15) is 18.1 Å². The van der Waals surface area contributed by atoms with Crippen LogP contribution in [-0.4, -0.2) is 12.0 Å². The number of nitrogens with one attached hydrogen (secondary N) is 1. The molecule has 0 bridgehead atoms. The Kier molecular flexibility index (Phi) is 5.00. The second-order valence-electron chi connectivity index (χ2n) is 6.15. The first-order chi connectivity index (χ1) is 12.3. The van der Waals surface area contributed by atoms with E-state index in [1.54, 1.807) is 26.0 Å².